The number of thiophene rings is 3. The molecule has 0 saturated carbocycles. The first kappa shape index (κ1) is 68.2. The Kier molecular flexibility index (Phi) is 15.9. The molecule has 0 radical (unpaired) electrons. The summed E-state index contributed by atoms with van der Waals surface area (Å²) in [5, 5.41) is 8.22. The van der Waals surface area contributed by atoms with Crippen LogP contribution in [0.5, 0.6) is 0 Å². The maximum Gasteiger partial charge on any atom is 0.164 e. The Hall–Kier alpha value is -15.3. The summed E-state index contributed by atoms with van der Waals surface area (Å²) in [7, 11) is 0. The van der Waals surface area contributed by atoms with Gasteiger partial charge in [-0.2, -0.15) is 0 Å². The normalized spacial score (nSPS) is 11.9. The summed E-state index contributed by atoms with van der Waals surface area (Å²) >= 11 is 5.23. The summed E-state index contributed by atoms with van der Waals surface area (Å²) < 4.78 is 20.7. The summed E-state index contributed by atoms with van der Waals surface area (Å²) in [6.45, 7) is 0. The molecule has 0 aliphatic carbocycles. The molecule has 0 aliphatic heterocycles. The molecule has 24 rings (SSSR count). The fourth-order valence-electron chi connectivity index (χ4n) is 16.8. The Bertz CT molecular complexity index is 8190. The number of fused-ring (bicyclic) bond motifs is 15. The van der Waals surface area contributed by atoms with Crippen LogP contribution in [0.3, 0.4) is 0 Å². The Morgan fingerprint density at radius 1 is 0.185 bits per heavy atom. The zero-order valence-electron chi connectivity index (χ0n) is 63.0. The van der Waals surface area contributed by atoms with E-state index in [9.17, 15) is 0 Å². The van der Waals surface area contributed by atoms with Gasteiger partial charge in [0.1, 0.15) is 22.3 Å². The van der Waals surface area contributed by atoms with Gasteiger partial charge < -0.3 is 8.83 Å². The van der Waals surface area contributed by atoms with Crippen molar-refractivity contribution < 1.29 is 8.83 Å². The van der Waals surface area contributed by atoms with Gasteiger partial charge in [0, 0.05) is 123 Å². The van der Waals surface area contributed by atoms with Crippen molar-refractivity contribution in [2.24, 2.45) is 0 Å². The molecule has 24 aromatic rings. The fraction of sp³-hybridized carbons (Fsp3) is 0. The second-order valence-electron chi connectivity index (χ2n) is 29.6. The lowest BCUT2D eigenvalue weighted by Gasteiger charge is -2.12. The third-order valence-electron chi connectivity index (χ3n) is 22.5. The minimum absolute atomic E-state index is 0.490. The van der Waals surface area contributed by atoms with Crippen LogP contribution in [0, 0.1) is 0 Å². The second-order valence-corrected chi connectivity index (χ2v) is 32.8. The molecule has 0 bridgehead atoms. The van der Waals surface area contributed by atoms with E-state index in [2.05, 4.69) is 243 Å². The van der Waals surface area contributed by atoms with Gasteiger partial charge in [0.2, 0.25) is 0 Å². The summed E-state index contributed by atoms with van der Waals surface area (Å²) in [6.07, 6.45) is 0. The first-order valence-corrected chi connectivity index (χ1v) is 41.7. The summed E-state index contributed by atoms with van der Waals surface area (Å²) in [5.74, 6) is 4.54. The van der Waals surface area contributed by atoms with Crippen LogP contribution in [0.2, 0.25) is 0 Å². The lowest BCUT2D eigenvalue weighted by Crippen LogP contribution is -2.01. The van der Waals surface area contributed by atoms with Crippen molar-refractivity contribution in [3.05, 3.63) is 352 Å². The van der Waals surface area contributed by atoms with Gasteiger partial charge in [0.15, 0.2) is 46.6 Å². The largest absolute Gasteiger partial charge is 0.456 e. The molecule has 0 atom stereocenters. The molecular weight excluding hydrogens is 1520 g/mol. The highest BCUT2D eigenvalue weighted by atomic mass is 32.1. The average Bonchev–Trinajstić information content (AvgIpc) is 1.61. The van der Waals surface area contributed by atoms with Gasteiger partial charge in [-0.25, -0.2) is 49.8 Å². The van der Waals surface area contributed by atoms with E-state index in [1.54, 1.807) is 22.7 Å². The highest BCUT2D eigenvalue weighted by Gasteiger charge is 2.27. The quantitative estimate of drug-likeness (QED) is 0.108. The number of aromatic nitrogens is 10. The molecule has 12 nitrogen and oxygen atoms in total. The molecule has 9 heterocycles. The number of hydrogen-bond acceptors (Lipinski definition) is 15. The van der Waals surface area contributed by atoms with Crippen LogP contribution < -0.4 is 0 Å². The third-order valence-corrected chi connectivity index (χ3v) is 26.0. The van der Waals surface area contributed by atoms with Crippen molar-refractivity contribution >= 4 is 139 Å². The van der Waals surface area contributed by atoms with E-state index in [0.29, 0.717) is 57.8 Å². The maximum absolute atomic E-state index is 7.38. The highest BCUT2D eigenvalue weighted by molar-refractivity contribution is 7.27. The Labute approximate surface area is 691 Å². The molecule has 0 saturated heterocycles. The van der Waals surface area contributed by atoms with Crippen LogP contribution in [0.25, 0.3) is 252 Å². The first-order valence-electron chi connectivity index (χ1n) is 39.2. The molecular formula is C104H58N10O2S3. The zero-order chi connectivity index (χ0) is 78.2. The van der Waals surface area contributed by atoms with Gasteiger partial charge in [0.25, 0.3) is 0 Å². The van der Waals surface area contributed by atoms with E-state index in [1.165, 1.54) is 20.2 Å². The van der Waals surface area contributed by atoms with Crippen molar-refractivity contribution in [2.75, 3.05) is 0 Å². The average molecular weight is 1580 g/mol. The van der Waals surface area contributed by atoms with E-state index in [0.717, 1.165) is 174 Å². The highest BCUT2D eigenvalue weighted by Crippen LogP contribution is 2.49. The van der Waals surface area contributed by atoms with E-state index in [1.807, 2.05) is 121 Å². The topological polar surface area (TPSA) is 155 Å². The van der Waals surface area contributed by atoms with Gasteiger partial charge >= 0.3 is 0 Å². The summed E-state index contributed by atoms with van der Waals surface area (Å²) in [5.41, 5.74) is 21.1. The summed E-state index contributed by atoms with van der Waals surface area (Å²) in [6, 6.07) is 122. The van der Waals surface area contributed by atoms with Crippen LogP contribution in [0.15, 0.2) is 361 Å². The lowest BCUT2D eigenvalue weighted by molar-refractivity contribution is 0.669. The smallest absolute Gasteiger partial charge is 0.164 e. The van der Waals surface area contributed by atoms with E-state index in [-0.39, 0.29) is 0 Å². The number of rotatable bonds is 13. The molecule has 15 heteroatoms. The van der Waals surface area contributed by atoms with Crippen LogP contribution >= 0.6 is 34.0 Å². The van der Waals surface area contributed by atoms with Gasteiger partial charge in [0.05, 0.1) is 31.8 Å². The van der Waals surface area contributed by atoms with Crippen molar-refractivity contribution in [1.29, 1.82) is 0 Å². The van der Waals surface area contributed by atoms with Gasteiger partial charge in [-0.1, -0.05) is 273 Å². The van der Waals surface area contributed by atoms with Crippen molar-refractivity contribution in [1.82, 2.24) is 49.8 Å². The Morgan fingerprint density at radius 3 is 1.15 bits per heavy atom. The van der Waals surface area contributed by atoms with Crippen molar-refractivity contribution in [3.63, 3.8) is 0 Å². The van der Waals surface area contributed by atoms with Gasteiger partial charge in [-0.15, -0.1) is 34.0 Å². The molecule has 119 heavy (non-hydrogen) atoms. The number of hydrogen-bond donors (Lipinski definition) is 0. The molecule has 15 aromatic carbocycles. The number of nitrogens with zero attached hydrogens (tertiary/aromatic N) is 10. The van der Waals surface area contributed by atoms with Gasteiger partial charge in [-0.3, -0.25) is 0 Å². The zero-order valence-corrected chi connectivity index (χ0v) is 65.4. The van der Waals surface area contributed by atoms with E-state index in [4.69, 9.17) is 58.7 Å². The summed E-state index contributed by atoms with van der Waals surface area (Å²) in [4.78, 5) is 53.6. The molecule has 554 valence electrons. The lowest BCUT2D eigenvalue weighted by atomic mass is 9.96. The van der Waals surface area contributed by atoms with Gasteiger partial charge in [-0.05, 0) is 107 Å². The van der Waals surface area contributed by atoms with Crippen LogP contribution in [-0.4, -0.2) is 49.8 Å². The van der Waals surface area contributed by atoms with E-state index < -0.39 is 0 Å². The van der Waals surface area contributed by atoms with Crippen LogP contribution in [-0.2, 0) is 0 Å². The third kappa shape index (κ3) is 11.7. The molecule has 0 aliphatic rings. The minimum Gasteiger partial charge on any atom is -0.456 e. The predicted molar refractivity (Wildman–Crippen MR) is 488 cm³/mol. The second kappa shape index (κ2) is 27.8. The SMILES string of the molecule is c1ccc(-c2nc(-c3ccccc3)nc(-c3cccc4oc5ccc(-c6ccc(-c7nc(-c8cccc(-c9ccc(-c%10nc(-c%11ccccc%11)nc(-c%11cccc(-c%12cccc%13c%12sc%12ccccc%12%13)c%11)n%10)c%10c9oc9ccc(-c%11nc(-c%12ccccc%12)nc%12c%11sc%11ccccc%11%12)cc9%10)c8)nc8c7sc7ccccc78)cc6)cc5c34)n2)cc1. The maximum atomic E-state index is 7.38. The van der Waals surface area contributed by atoms with Crippen molar-refractivity contribution in [3.8, 4) is 147 Å². The Balaban J connectivity index is 0.650. The first-order chi connectivity index (χ1) is 58.9. The number of benzene rings is 15. The minimum atomic E-state index is 0.490. The molecule has 0 unspecified atom stereocenters. The molecule has 0 fully saturated rings. The molecule has 0 spiro atoms. The predicted octanol–water partition coefficient (Wildman–Crippen LogP) is 28.2. The monoisotopic (exact) mass is 1570 g/mol. The molecule has 0 N–H and O–H groups in total. The Morgan fingerprint density at radius 2 is 0.563 bits per heavy atom. The van der Waals surface area contributed by atoms with E-state index >= 15 is 0 Å². The standard InChI is InChI=1S/C104H58N10O2S3/c1-5-23-61(24-6-1)97-106-90(96-92(107-97)76-37-15-18-44-86(76)119-96)68-50-54-82-80(58-68)88-78(104-113-100(64-29-11-4-12-30-64)110-102(114-104)70-34-20-32-67(56-70)72-38-21-39-74-73-35-13-16-42-84(73)117-94(72)74)52-51-71(93(88)116-82)66-31-19-33-69(55-66)101-105-89(95-91(108-101)75-36-14-17-43-85(75)118-95)60-47-45-59(46-48-60)65-49-53-81-79(57-65)87-77(40-22-41-83(87)115-81)103-111-98(62-25-7-2-8-26-62)109-99(112-103)63-27-9-3-10-28-63/h1-58H. The fourth-order valence-corrected chi connectivity index (χ4v) is 20.3. The van der Waals surface area contributed by atoms with Crippen molar-refractivity contribution in [2.45, 2.75) is 0 Å². The number of furan rings is 2. The molecule has 9 aromatic heterocycles. The van der Waals surface area contributed by atoms with Crippen LogP contribution in [0.1, 0.15) is 0 Å². The molecule has 0 amide bonds. The van der Waals surface area contributed by atoms with Crippen LogP contribution in [0.4, 0.5) is 0 Å².